The smallest absolute Gasteiger partial charge is 0.207 e. The molecule has 0 spiro atoms. The fourth-order valence-corrected chi connectivity index (χ4v) is 1.21. The summed E-state index contributed by atoms with van der Waals surface area (Å²) in [6.07, 6.45) is 3.36. The van der Waals surface area contributed by atoms with E-state index in [9.17, 15) is 0 Å². The zero-order chi connectivity index (χ0) is 9.73. The lowest BCUT2D eigenvalue weighted by molar-refractivity contribution is -0.207. The lowest BCUT2D eigenvalue weighted by Crippen LogP contribution is -2.38. The van der Waals surface area contributed by atoms with E-state index in [1.54, 1.807) is 26.6 Å². The van der Waals surface area contributed by atoms with Crippen molar-refractivity contribution in [3.05, 3.63) is 30.1 Å². The van der Waals surface area contributed by atoms with E-state index in [0.29, 0.717) is 0 Å². The molecule has 1 heterocycles. The second kappa shape index (κ2) is 7.84. The first-order chi connectivity index (χ1) is 6.29. The van der Waals surface area contributed by atoms with Gasteiger partial charge in [-0.1, -0.05) is 0 Å². The van der Waals surface area contributed by atoms with Crippen LogP contribution in [-0.2, 0) is 15.3 Å². The predicted molar refractivity (Wildman–Crippen MR) is 63.5 cm³/mol. The van der Waals surface area contributed by atoms with Gasteiger partial charge in [-0.05, 0) is 12.1 Å². The summed E-state index contributed by atoms with van der Waals surface area (Å²) in [6, 6.07) is 3.64. The highest BCUT2D eigenvalue weighted by molar-refractivity contribution is 5.85. The molecule has 2 N–H and O–H groups in total. The van der Waals surface area contributed by atoms with E-state index in [-0.39, 0.29) is 31.4 Å². The maximum absolute atomic E-state index is 5.59. The first-order valence-corrected chi connectivity index (χ1v) is 4.00. The van der Waals surface area contributed by atoms with E-state index in [1.165, 1.54) is 0 Å². The van der Waals surface area contributed by atoms with Crippen LogP contribution in [0.5, 0.6) is 0 Å². The molecule has 0 fully saturated rings. The quantitative estimate of drug-likeness (QED) is 0.824. The first-order valence-electron chi connectivity index (χ1n) is 4.00. The number of nitrogens with zero attached hydrogens (tertiary/aromatic N) is 1. The number of halogens is 2. The molecule has 0 aliphatic rings. The van der Waals surface area contributed by atoms with Crippen molar-refractivity contribution < 1.29 is 9.47 Å². The Morgan fingerprint density at radius 1 is 1.20 bits per heavy atom. The highest BCUT2D eigenvalue weighted by Crippen LogP contribution is 2.23. The Morgan fingerprint density at radius 3 is 2.00 bits per heavy atom. The molecule has 0 amide bonds. The Kier molecular flexibility index (Phi) is 8.90. The third kappa shape index (κ3) is 3.59. The molecule has 6 heteroatoms. The minimum Gasteiger partial charge on any atom is -0.348 e. The topological polar surface area (TPSA) is 57.4 Å². The van der Waals surface area contributed by atoms with Gasteiger partial charge in [0.2, 0.25) is 5.79 Å². The molecule has 0 atom stereocenters. The van der Waals surface area contributed by atoms with E-state index in [1.807, 2.05) is 12.1 Å². The van der Waals surface area contributed by atoms with Crippen LogP contribution in [0.15, 0.2) is 24.5 Å². The molecule has 1 aromatic rings. The molecule has 0 unspecified atom stereocenters. The first kappa shape index (κ1) is 17.0. The standard InChI is InChI=1S/C9H14N2O2.2ClH/c1-12-9(7-10,13-2)8-3-5-11-6-4-8;;/h3-6H,7,10H2,1-2H3;2*1H. The summed E-state index contributed by atoms with van der Waals surface area (Å²) in [7, 11) is 3.13. The van der Waals surface area contributed by atoms with Crippen LogP contribution in [0.3, 0.4) is 0 Å². The van der Waals surface area contributed by atoms with Crippen molar-refractivity contribution in [3.8, 4) is 0 Å². The molecule has 88 valence electrons. The van der Waals surface area contributed by atoms with Gasteiger partial charge in [-0.3, -0.25) is 4.98 Å². The molecule has 4 nitrogen and oxygen atoms in total. The fraction of sp³-hybridized carbons (Fsp3) is 0.444. The Bertz CT molecular complexity index is 247. The van der Waals surface area contributed by atoms with Gasteiger partial charge < -0.3 is 15.2 Å². The lowest BCUT2D eigenvalue weighted by Gasteiger charge is -2.29. The Morgan fingerprint density at radius 2 is 1.67 bits per heavy atom. The molecule has 0 aromatic carbocycles. The monoisotopic (exact) mass is 254 g/mol. The van der Waals surface area contributed by atoms with Crippen molar-refractivity contribution in [1.29, 1.82) is 0 Å². The van der Waals surface area contributed by atoms with Crippen LogP contribution < -0.4 is 5.73 Å². The van der Waals surface area contributed by atoms with Gasteiger partial charge in [0, 0.05) is 32.2 Å². The largest absolute Gasteiger partial charge is 0.348 e. The molecule has 0 saturated carbocycles. The zero-order valence-corrected chi connectivity index (χ0v) is 10.3. The second-order valence-corrected chi connectivity index (χ2v) is 2.60. The number of ether oxygens (including phenoxy) is 2. The lowest BCUT2D eigenvalue weighted by atomic mass is 10.1. The van der Waals surface area contributed by atoms with Crippen LogP contribution in [0.1, 0.15) is 5.56 Å². The molecule has 1 rings (SSSR count). The normalized spacial score (nSPS) is 10.1. The van der Waals surface area contributed by atoms with Crippen LogP contribution in [0.4, 0.5) is 0 Å². The second-order valence-electron chi connectivity index (χ2n) is 2.60. The van der Waals surface area contributed by atoms with Gasteiger partial charge in [-0.15, -0.1) is 24.8 Å². The molecule has 0 radical (unpaired) electrons. The molecule has 0 saturated heterocycles. The summed E-state index contributed by atoms with van der Waals surface area (Å²) in [5.74, 6) is -0.844. The van der Waals surface area contributed by atoms with Crippen LogP contribution in [0.2, 0.25) is 0 Å². The predicted octanol–water partition coefficient (Wildman–Crippen LogP) is 1.33. The minimum atomic E-state index is -0.844. The number of hydrogen-bond donors (Lipinski definition) is 1. The molecular weight excluding hydrogens is 239 g/mol. The summed E-state index contributed by atoms with van der Waals surface area (Å²) >= 11 is 0. The van der Waals surface area contributed by atoms with Crippen LogP contribution in [-0.4, -0.2) is 25.7 Å². The van der Waals surface area contributed by atoms with Crippen molar-refractivity contribution in [2.24, 2.45) is 5.73 Å². The summed E-state index contributed by atoms with van der Waals surface area (Å²) in [4.78, 5) is 3.91. The van der Waals surface area contributed by atoms with Crippen molar-refractivity contribution >= 4 is 24.8 Å². The van der Waals surface area contributed by atoms with E-state index in [0.717, 1.165) is 5.56 Å². The van der Waals surface area contributed by atoms with Crippen LogP contribution in [0, 0.1) is 0 Å². The summed E-state index contributed by atoms with van der Waals surface area (Å²) in [5, 5.41) is 0. The molecule has 0 aliphatic carbocycles. The van der Waals surface area contributed by atoms with Crippen molar-refractivity contribution in [3.63, 3.8) is 0 Å². The number of methoxy groups -OCH3 is 2. The number of aromatic nitrogens is 1. The molecular formula is C9H16Cl2N2O2. The highest BCUT2D eigenvalue weighted by Gasteiger charge is 2.29. The van der Waals surface area contributed by atoms with Crippen molar-refractivity contribution in [2.45, 2.75) is 5.79 Å². The summed E-state index contributed by atoms with van der Waals surface area (Å²) in [5.41, 5.74) is 6.46. The van der Waals surface area contributed by atoms with Gasteiger partial charge in [0.05, 0.1) is 6.54 Å². The summed E-state index contributed by atoms with van der Waals surface area (Å²) < 4.78 is 10.5. The zero-order valence-electron chi connectivity index (χ0n) is 8.67. The van der Waals surface area contributed by atoms with Gasteiger partial charge in [0.15, 0.2) is 0 Å². The third-order valence-electron chi connectivity index (χ3n) is 2.05. The van der Waals surface area contributed by atoms with Gasteiger partial charge in [-0.2, -0.15) is 0 Å². The number of nitrogens with two attached hydrogens (primary N) is 1. The van der Waals surface area contributed by atoms with E-state index >= 15 is 0 Å². The van der Waals surface area contributed by atoms with E-state index in [2.05, 4.69) is 4.98 Å². The molecule has 0 aliphatic heterocycles. The highest BCUT2D eigenvalue weighted by atomic mass is 35.5. The third-order valence-corrected chi connectivity index (χ3v) is 2.05. The van der Waals surface area contributed by atoms with Gasteiger partial charge in [0.25, 0.3) is 0 Å². The number of pyridine rings is 1. The average Bonchev–Trinajstić information content (AvgIpc) is 2.23. The van der Waals surface area contributed by atoms with Crippen LogP contribution in [0.25, 0.3) is 0 Å². The molecule has 0 bridgehead atoms. The average molecular weight is 255 g/mol. The number of hydrogen-bond acceptors (Lipinski definition) is 4. The maximum Gasteiger partial charge on any atom is 0.207 e. The van der Waals surface area contributed by atoms with E-state index < -0.39 is 5.79 Å². The minimum absolute atomic E-state index is 0. The molecule has 15 heavy (non-hydrogen) atoms. The van der Waals surface area contributed by atoms with Gasteiger partial charge in [0.1, 0.15) is 0 Å². The van der Waals surface area contributed by atoms with Crippen LogP contribution >= 0.6 is 24.8 Å². The summed E-state index contributed by atoms with van der Waals surface area (Å²) in [6.45, 7) is 0.268. The maximum atomic E-state index is 5.59. The number of rotatable bonds is 4. The van der Waals surface area contributed by atoms with Crippen molar-refractivity contribution in [1.82, 2.24) is 4.98 Å². The van der Waals surface area contributed by atoms with Gasteiger partial charge >= 0.3 is 0 Å². The Labute approximate surface area is 102 Å². The Hall–Kier alpha value is -0.390. The van der Waals surface area contributed by atoms with E-state index in [4.69, 9.17) is 15.2 Å². The Balaban J connectivity index is 0. The SMILES string of the molecule is COC(CN)(OC)c1ccncc1.Cl.Cl. The van der Waals surface area contributed by atoms with Crippen molar-refractivity contribution in [2.75, 3.05) is 20.8 Å². The fourth-order valence-electron chi connectivity index (χ4n) is 1.21. The van der Waals surface area contributed by atoms with Gasteiger partial charge in [-0.25, -0.2) is 0 Å². The molecule has 1 aromatic heterocycles.